The van der Waals surface area contributed by atoms with Gasteiger partial charge in [-0.2, -0.15) is 8.42 Å². The number of nitrogens with zero attached hydrogens (tertiary/aromatic N) is 2. The van der Waals surface area contributed by atoms with Crippen LogP contribution in [0.15, 0.2) is 24.5 Å². The number of hydrogen-bond donors (Lipinski definition) is 3. The predicted octanol–water partition coefficient (Wildman–Crippen LogP) is 4.21. The number of imidazole rings is 1. The lowest BCUT2D eigenvalue weighted by atomic mass is 9.75. The number of ether oxygens (including phenoxy) is 1. The average Bonchev–Trinajstić information content (AvgIpc) is 3.63. The molecule has 43 heavy (non-hydrogen) atoms. The monoisotopic (exact) mass is 635 g/mol. The number of H-pyrrole nitrogens is 1. The molecule has 11 nitrogen and oxygen atoms in total. The number of nitrogens with two attached hydrogens (primary N) is 1. The third kappa shape index (κ3) is 6.81. The van der Waals surface area contributed by atoms with E-state index in [1.165, 1.54) is 19.3 Å². The second-order valence-corrected chi connectivity index (χ2v) is 12.2. The Morgan fingerprint density at radius 2 is 1.91 bits per heavy atom. The molecular weight excluding hydrogens is 594 g/mol. The molecule has 236 valence electrons. The van der Waals surface area contributed by atoms with Crippen molar-refractivity contribution in [1.29, 1.82) is 0 Å². The number of aromatic amines is 1. The minimum absolute atomic E-state index is 0. The lowest BCUT2D eigenvalue weighted by molar-refractivity contribution is -0.153. The van der Waals surface area contributed by atoms with E-state index in [0.717, 1.165) is 48.3 Å². The molecule has 3 unspecified atom stereocenters. The topological polar surface area (TPSA) is 165 Å². The van der Waals surface area contributed by atoms with Crippen LogP contribution in [-0.2, 0) is 24.7 Å². The normalized spacial score (nSPS) is 22.2. The number of halogens is 1. The minimum atomic E-state index is -2.94. The zero-order valence-corrected chi connectivity index (χ0v) is 26.8. The molecule has 1 aliphatic carbocycles. The first-order chi connectivity index (χ1) is 20.0. The van der Waals surface area contributed by atoms with Gasteiger partial charge in [0.15, 0.2) is 5.75 Å². The van der Waals surface area contributed by atoms with E-state index >= 15 is 0 Å². The molecule has 3 atom stereocenters. The van der Waals surface area contributed by atoms with Gasteiger partial charge >= 0.3 is 5.97 Å². The summed E-state index contributed by atoms with van der Waals surface area (Å²) in [6, 6.07) is 5.17. The summed E-state index contributed by atoms with van der Waals surface area (Å²) >= 11 is 0. The zero-order valence-electron chi connectivity index (χ0n) is 25.1. The van der Waals surface area contributed by atoms with Gasteiger partial charge in [0.1, 0.15) is 4.86 Å². The van der Waals surface area contributed by atoms with Crippen molar-refractivity contribution < 1.29 is 27.5 Å². The number of rotatable bonds is 9. The van der Waals surface area contributed by atoms with E-state index in [2.05, 4.69) is 15.3 Å². The summed E-state index contributed by atoms with van der Waals surface area (Å²) in [7, 11) is -2.94. The molecule has 2 aromatic rings. The quantitative estimate of drug-likeness (QED) is 0.209. The number of anilines is 1. The Kier molecular flexibility index (Phi) is 11.6. The number of carbonyl (C=O) groups excluding carboxylic acids is 3. The Morgan fingerprint density at radius 3 is 2.47 bits per heavy atom. The summed E-state index contributed by atoms with van der Waals surface area (Å²) in [5.74, 6) is -2.88. The number of aryl methyl sites for hydroxylation is 1. The average molecular weight is 636 g/mol. The van der Waals surface area contributed by atoms with E-state index in [-0.39, 0.29) is 47.8 Å². The maximum absolute atomic E-state index is 14.2. The molecule has 4 rings (SSSR count). The van der Waals surface area contributed by atoms with Gasteiger partial charge < -0.3 is 19.9 Å². The number of carbonyl (C=O) groups is 3. The molecule has 4 N–H and O–H groups in total. The molecule has 1 aromatic heterocycles. The van der Waals surface area contributed by atoms with Crippen LogP contribution in [0.2, 0.25) is 0 Å². The number of aromatic nitrogens is 2. The molecule has 1 saturated carbocycles. The van der Waals surface area contributed by atoms with E-state index in [0.29, 0.717) is 24.2 Å². The first-order valence-corrected chi connectivity index (χ1v) is 15.8. The Balaban J connectivity index is 0.00000506. The van der Waals surface area contributed by atoms with Gasteiger partial charge in [0, 0.05) is 37.4 Å². The Labute approximate surface area is 260 Å². The summed E-state index contributed by atoms with van der Waals surface area (Å²) in [5.41, 5.74) is 6.99. The highest BCUT2D eigenvalue weighted by molar-refractivity contribution is 7.73. The number of amides is 2. The van der Waals surface area contributed by atoms with Crippen molar-refractivity contribution in [2.24, 2.45) is 11.7 Å². The molecule has 0 radical (unpaired) electrons. The largest absolute Gasteiger partial charge is 0.421 e. The third-order valence-electron chi connectivity index (χ3n) is 8.56. The lowest BCUT2D eigenvalue weighted by Gasteiger charge is -2.48. The van der Waals surface area contributed by atoms with Crippen LogP contribution < -0.4 is 15.8 Å². The van der Waals surface area contributed by atoms with Crippen molar-refractivity contribution in [2.75, 3.05) is 11.9 Å². The number of likely N-dealkylation sites (tertiary alicyclic amines) is 1. The van der Waals surface area contributed by atoms with Crippen molar-refractivity contribution in [3.63, 3.8) is 0 Å². The van der Waals surface area contributed by atoms with Gasteiger partial charge in [0.25, 0.3) is 0 Å². The summed E-state index contributed by atoms with van der Waals surface area (Å²) in [5, 5.41) is 2.81. The second-order valence-electron chi connectivity index (χ2n) is 11.3. The molecule has 1 aromatic carbocycles. The van der Waals surface area contributed by atoms with Crippen molar-refractivity contribution in [1.82, 2.24) is 14.9 Å². The number of para-hydroxylation sites is 1. The van der Waals surface area contributed by atoms with Gasteiger partial charge in [0.2, 0.25) is 27.8 Å². The highest BCUT2D eigenvalue weighted by atomic mass is 35.5. The maximum Gasteiger partial charge on any atom is 0.358 e. The van der Waals surface area contributed by atoms with Gasteiger partial charge in [0.05, 0.1) is 17.7 Å². The fourth-order valence-corrected chi connectivity index (χ4v) is 7.50. The second kappa shape index (κ2) is 14.5. The standard InChI is InChI=1S/C30H41N5O6S.ClH/c1-5-7-15-25(37)35-16-23(26-18(3)32-17-33-26)21(6-2)28(42(39)40)30(35,31)29(38)41-24-14-10-13-22(20-11-8-9-12-20)27(24)34-19(4)36;/h10,13-14,17,20-21,23H,5-9,11-12,15-16,31H2,1-4H3,(H,32,33)(H,34,36);1H. The SMILES string of the molecule is CCCCC(=O)N1CC(c2nc[nH]c2C)C(CC)C(=S(=O)=O)C1(N)C(=O)Oc1cccc(C2CCCC2)c1NC(C)=O.Cl. The predicted molar refractivity (Wildman–Crippen MR) is 167 cm³/mol. The molecule has 0 spiro atoms. The minimum Gasteiger partial charge on any atom is -0.421 e. The van der Waals surface area contributed by atoms with Crippen molar-refractivity contribution in [3.05, 3.63) is 41.5 Å². The van der Waals surface area contributed by atoms with Crippen LogP contribution in [0.1, 0.15) is 101 Å². The van der Waals surface area contributed by atoms with Gasteiger partial charge in [-0.15, -0.1) is 12.4 Å². The molecule has 2 aliphatic rings. The highest BCUT2D eigenvalue weighted by Gasteiger charge is 2.58. The zero-order chi connectivity index (χ0) is 30.6. The van der Waals surface area contributed by atoms with Gasteiger partial charge in [-0.3, -0.25) is 15.3 Å². The van der Waals surface area contributed by atoms with Crippen LogP contribution in [0.5, 0.6) is 5.75 Å². The Morgan fingerprint density at radius 1 is 1.21 bits per heavy atom. The molecule has 1 saturated heterocycles. The summed E-state index contributed by atoms with van der Waals surface area (Å²) in [4.78, 5) is 48.4. The molecular formula is C30H42ClN5O6S. The van der Waals surface area contributed by atoms with Crippen molar-refractivity contribution in [3.8, 4) is 5.75 Å². The van der Waals surface area contributed by atoms with E-state index in [1.54, 1.807) is 6.07 Å². The summed E-state index contributed by atoms with van der Waals surface area (Å²) < 4.78 is 31.9. The smallest absolute Gasteiger partial charge is 0.358 e. The number of benzene rings is 1. The Hall–Kier alpha value is -3.22. The highest BCUT2D eigenvalue weighted by Crippen LogP contribution is 2.43. The summed E-state index contributed by atoms with van der Waals surface area (Å²) in [6.45, 7) is 6.92. The fraction of sp³-hybridized carbons (Fsp3) is 0.567. The molecule has 2 amide bonds. The third-order valence-corrected chi connectivity index (χ3v) is 9.53. The van der Waals surface area contributed by atoms with Gasteiger partial charge in [-0.1, -0.05) is 45.2 Å². The number of esters is 1. The molecule has 13 heteroatoms. The van der Waals surface area contributed by atoms with E-state index in [4.69, 9.17) is 10.5 Å². The summed E-state index contributed by atoms with van der Waals surface area (Å²) in [6.07, 6.45) is 7.17. The molecule has 1 aliphatic heterocycles. The molecule has 2 heterocycles. The van der Waals surface area contributed by atoms with E-state index in [9.17, 15) is 22.8 Å². The first kappa shape index (κ1) is 34.3. The van der Waals surface area contributed by atoms with Crippen LogP contribution in [0.3, 0.4) is 0 Å². The first-order valence-electron chi connectivity index (χ1n) is 14.7. The Bertz CT molecular complexity index is 1480. The van der Waals surface area contributed by atoms with Crippen LogP contribution >= 0.6 is 12.4 Å². The number of unbranched alkanes of at least 4 members (excludes halogenated alkanes) is 1. The molecule has 2 fully saturated rings. The van der Waals surface area contributed by atoms with Crippen LogP contribution in [0, 0.1) is 12.8 Å². The molecule has 0 bridgehead atoms. The number of nitrogens with one attached hydrogen (secondary N) is 2. The van der Waals surface area contributed by atoms with Crippen LogP contribution in [0.25, 0.3) is 0 Å². The van der Waals surface area contributed by atoms with Crippen molar-refractivity contribution in [2.45, 2.75) is 96.6 Å². The van der Waals surface area contributed by atoms with Crippen LogP contribution in [0.4, 0.5) is 5.69 Å². The maximum atomic E-state index is 14.2. The van der Waals surface area contributed by atoms with Gasteiger partial charge in [-0.25, -0.2) is 9.78 Å². The van der Waals surface area contributed by atoms with Crippen LogP contribution in [-0.4, -0.2) is 58.1 Å². The van der Waals surface area contributed by atoms with E-state index in [1.807, 2.05) is 26.8 Å². The van der Waals surface area contributed by atoms with Crippen molar-refractivity contribution >= 4 is 51.0 Å². The number of piperidine rings is 1. The van der Waals surface area contributed by atoms with E-state index < -0.39 is 39.7 Å². The number of hydrogen-bond acceptors (Lipinski definition) is 8. The lowest BCUT2D eigenvalue weighted by Crippen LogP contribution is -2.74. The van der Waals surface area contributed by atoms with Gasteiger partial charge in [-0.05, 0) is 50.2 Å². The fourth-order valence-electron chi connectivity index (χ4n) is 6.48.